The van der Waals surface area contributed by atoms with Crippen LogP contribution >= 0.6 is 11.8 Å². The fourth-order valence-corrected chi connectivity index (χ4v) is 1.96. The van der Waals surface area contributed by atoms with Gasteiger partial charge in [0.2, 0.25) is 0 Å². The van der Waals surface area contributed by atoms with Crippen molar-refractivity contribution < 1.29 is 4.42 Å². The van der Waals surface area contributed by atoms with E-state index in [1.807, 2.05) is 25.1 Å². The third-order valence-corrected chi connectivity index (χ3v) is 3.48. The molecule has 0 spiro atoms. The molecule has 4 heteroatoms. The first-order valence-electron chi connectivity index (χ1n) is 5.01. The maximum Gasteiger partial charge on any atom is 0.114 e. The third kappa shape index (κ3) is 3.61. The van der Waals surface area contributed by atoms with Crippen molar-refractivity contribution in [2.45, 2.75) is 37.3 Å². The number of hydrogen-bond donors (Lipinski definition) is 1. The van der Waals surface area contributed by atoms with Crippen molar-refractivity contribution in [1.82, 2.24) is 0 Å². The number of aryl methyl sites for hydroxylation is 1. The van der Waals surface area contributed by atoms with Gasteiger partial charge < -0.3 is 10.2 Å². The van der Waals surface area contributed by atoms with Crippen molar-refractivity contribution in [3.05, 3.63) is 23.7 Å². The van der Waals surface area contributed by atoms with E-state index in [0.717, 1.165) is 23.7 Å². The quantitative estimate of drug-likeness (QED) is 0.833. The Hall–Kier alpha value is -0.920. The topological polar surface area (TPSA) is 63.0 Å². The second kappa shape index (κ2) is 5.84. The molecule has 2 unspecified atom stereocenters. The average molecular weight is 224 g/mol. The predicted molar refractivity (Wildman–Crippen MR) is 62.4 cm³/mol. The highest BCUT2D eigenvalue weighted by atomic mass is 32.2. The van der Waals surface area contributed by atoms with Crippen LogP contribution in [0, 0.1) is 11.3 Å². The second-order valence-corrected chi connectivity index (χ2v) is 4.76. The Balaban J connectivity index is 2.40. The number of thioether (sulfide) groups is 1. The van der Waals surface area contributed by atoms with Gasteiger partial charge in [-0.05, 0) is 12.1 Å². The first-order chi connectivity index (χ1) is 7.17. The maximum atomic E-state index is 8.63. The Labute approximate surface area is 94.6 Å². The van der Waals surface area contributed by atoms with E-state index in [2.05, 4.69) is 6.92 Å². The lowest BCUT2D eigenvalue weighted by molar-refractivity contribution is 0.485. The number of nitrogens with two attached hydrogens (primary N) is 1. The van der Waals surface area contributed by atoms with E-state index < -0.39 is 6.04 Å². The molecule has 2 atom stereocenters. The molecule has 1 aromatic heterocycles. The molecule has 0 aliphatic rings. The lowest BCUT2D eigenvalue weighted by Crippen LogP contribution is -2.28. The minimum atomic E-state index is -0.407. The molecule has 0 bridgehead atoms. The molecule has 0 aliphatic heterocycles. The van der Waals surface area contributed by atoms with Gasteiger partial charge in [0.1, 0.15) is 17.6 Å². The number of furan rings is 1. The van der Waals surface area contributed by atoms with Gasteiger partial charge >= 0.3 is 0 Å². The molecule has 3 nitrogen and oxygen atoms in total. The van der Waals surface area contributed by atoms with Crippen molar-refractivity contribution >= 4 is 11.8 Å². The summed E-state index contributed by atoms with van der Waals surface area (Å²) < 4.78 is 5.55. The van der Waals surface area contributed by atoms with Crippen LogP contribution in [0.3, 0.4) is 0 Å². The van der Waals surface area contributed by atoms with E-state index in [1.54, 1.807) is 11.8 Å². The molecule has 0 fully saturated rings. The van der Waals surface area contributed by atoms with Crippen LogP contribution in [-0.4, -0.2) is 11.3 Å². The lowest BCUT2D eigenvalue weighted by Gasteiger charge is -2.11. The van der Waals surface area contributed by atoms with Crippen LogP contribution in [0.4, 0.5) is 0 Å². The first-order valence-corrected chi connectivity index (χ1v) is 6.06. The summed E-state index contributed by atoms with van der Waals surface area (Å²) in [4.78, 5) is 0. The SMILES string of the molecule is CCc1ccc(CSC(C)C(N)C#N)o1. The minimum absolute atomic E-state index is 0.130. The lowest BCUT2D eigenvalue weighted by atomic mass is 10.3. The van der Waals surface area contributed by atoms with Crippen LogP contribution < -0.4 is 5.73 Å². The number of hydrogen-bond acceptors (Lipinski definition) is 4. The first kappa shape index (κ1) is 12.2. The molecule has 0 aliphatic carbocycles. The van der Waals surface area contributed by atoms with Crippen LogP contribution in [0.15, 0.2) is 16.5 Å². The molecule has 1 aromatic rings. The highest BCUT2D eigenvalue weighted by molar-refractivity contribution is 7.99. The Kier molecular flexibility index (Phi) is 4.73. The van der Waals surface area contributed by atoms with Crippen molar-refractivity contribution in [1.29, 1.82) is 5.26 Å². The van der Waals surface area contributed by atoms with Crippen molar-refractivity contribution in [2.24, 2.45) is 5.73 Å². The van der Waals surface area contributed by atoms with Gasteiger partial charge in [-0.25, -0.2) is 0 Å². The third-order valence-electron chi connectivity index (χ3n) is 2.21. The molecule has 82 valence electrons. The number of nitrogens with zero attached hydrogens (tertiary/aromatic N) is 1. The van der Waals surface area contributed by atoms with Crippen LogP contribution in [0.5, 0.6) is 0 Å². The van der Waals surface area contributed by atoms with Crippen LogP contribution in [0.2, 0.25) is 0 Å². The largest absolute Gasteiger partial charge is 0.465 e. The second-order valence-electron chi connectivity index (χ2n) is 3.39. The number of rotatable bonds is 5. The molecule has 0 saturated carbocycles. The Morgan fingerprint density at radius 1 is 1.53 bits per heavy atom. The number of nitriles is 1. The van der Waals surface area contributed by atoms with Crippen molar-refractivity contribution in [3.8, 4) is 6.07 Å². The molecular formula is C11H16N2OS. The van der Waals surface area contributed by atoms with E-state index in [1.165, 1.54) is 0 Å². The summed E-state index contributed by atoms with van der Waals surface area (Å²) in [6.45, 7) is 4.02. The molecule has 1 rings (SSSR count). The zero-order chi connectivity index (χ0) is 11.3. The molecule has 0 radical (unpaired) electrons. The molecule has 2 N–H and O–H groups in total. The van der Waals surface area contributed by atoms with Gasteiger partial charge in [-0.1, -0.05) is 13.8 Å². The van der Waals surface area contributed by atoms with E-state index in [0.29, 0.717) is 0 Å². The molecule has 0 aromatic carbocycles. The highest BCUT2D eigenvalue weighted by Crippen LogP contribution is 2.21. The van der Waals surface area contributed by atoms with Gasteiger partial charge in [0.15, 0.2) is 0 Å². The fraction of sp³-hybridized carbons (Fsp3) is 0.545. The van der Waals surface area contributed by atoms with Gasteiger partial charge in [0, 0.05) is 11.7 Å². The summed E-state index contributed by atoms with van der Waals surface area (Å²) in [6, 6.07) is 5.61. The molecule has 0 saturated heterocycles. The summed E-state index contributed by atoms with van der Waals surface area (Å²) in [6.07, 6.45) is 0.915. The molecule has 1 heterocycles. The van der Waals surface area contributed by atoms with E-state index >= 15 is 0 Å². The zero-order valence-electron chi connectivity index (χ0n) is 9.06. The highest BCUT2D eigenvalue weighted by Gasteiger charge is 2.12. The smallest absolute Gasteiger partial charge is 0.114 e. The van der Waals surface area contributed by atoms with Crippen LogP contribution in [-0.2, 0) is 12.2 Å². The summed E-state index contributed by atoms with van der Waals surface area (Å²) in [5, 5.41) is 8.76. The van der Waals surface area contributed by atoms with Gasteiger partial charge in [-0.3, -0.25) is 0 Å². The average Bonchev–Trinajstić information content (AvgIpc) is 2.72. The molecular weight excluding hydrogens is 208 g/mol. The predicted octanol–water partition coefficient (Wildman–Crippen LogP) is 2.31. The molecule has 0 amide bonds. The van der Waals surface area contributed by atoms with E-state index in [-0.39, 0.29) is 5.25 Å². The normalized spacial score (nSPS) is 14.5. The summed E-state index contributed by atoms with van der Waals surface area (Å²) in [7, 11) is 0. The summed E-state index contributed by atoms with van der Waals surface area (Å²) >= 11 is 1.64. The van der Waals surface area contributed by atoms with Gasteiger partial charge in [0.05, 0.1) is 11.8 Å². The Morgan fingerprint density at radius 2 is 2.20 bits per heavy atom. The monoisotopic (exact) mass is 224 g/mol. The molecule has 15 heavy (non-hydrogen) atoms. The van der Waals surface area contributed by atoms with Crippen LogP contribution in [0.25, 0.3) is 0 Å². The fourth-order valence-electron chi connectivity index (χ4n) is 1.11. The Morgan fingerprint density at radius 3 is 2.73 bits per heavy atom. The van der Waals surface area contributed by atoms with Gasteiger partial charge in [-0.15, -0.1) is 11.8 Å². The van der Waals surface area contributed by atoms with Gasteiger partial charge in [0.25, 0.3) is 0 Å². The summed E-state index contributed by atoms with van der Waals surface area (Å²) in [5.41, 5.74) is 5.60. The van der Waals surface area contributed by atoms with Crippen LogP contribution in [0.1, 0.15) is 25.4 Å². The van der Waals surface area contributed by atoms with Crippen molar-refractivity contribution in [3.63, 3.8) is 0 Å². The zero-order valence-corrected chi connectivity index (χ0v) is 9.88. The maximum absolute atomic E-state index is 8.63. The van der Waals surface area contributed by atoms with Crippen molar-refractivity contribution in [2.75, 3.05) is 0 Å². The van der Waals surface area contributed by atoms with E-state index in [9.17, 15) is 0 Å². The Bertz CT molecular complexity index is 343. The van der Waals surface area contributed by atoms with E-state index in [4.69, 9.17) is 15.4 Å². The minimum Gasteiger partial charge on any atom is -0.465 e. The van der Waals surface area contributed by atoms with Gasteiger partial charge in [-0.2, -0.15) is 5.26 Å². The standard InChI is InChI=1S/C11H16N2OS/c1-3-9-4-5-10(14-9)7-15-8(2)11(13)6-12/h4-5,8,11H,3,7,13H2,1-2H3. The summed E-state index contributed by atoms with van der Waals surface area (Å²) in [5.74, 6) is 2.73.